The molecule has 2 saturated heterocycles. The molecule has 2 atom stereocenters. The minimum atomic E-state index is 0.121. The Morgan fingerprint density at radius 3 is 2.95 bits per heavy atom. The van der Waals surface area contributed by atoms with E-state index in [4.69, 9.17) is 9.72 Å². The predicted molar refractivity (Wildman–Crippen MR) is 85.4 cm³/mol. The van der Waals surface area contributed by atoms with Crippen LogP contribution in [0, 0.1) is 0 Å². The molecule has 0 spiro atoms. The van der Waals surface area contributed by atoms with Crippen molar-refractivity contribution in [3.05, 3.63) is 24.2 Å². The van der Waals surface area contributed by atoms with E-state index in [1.165, 1.54) is 43.7 Å². The molecule has 5 heteroatoms. The van der Waals surface area contributed by atoms with Crippen LogP contribution in [-0.2, 0) is 4.74 Å². The molecule has 2 aliphatic heterocycles. The van der Waals surface area contributed by atoms with Crippen LogP contribution in [0.4, 0.5) is 0 Å². The van der Waals surface area contributed by atoms with Crippen LogP contribution in [0.15, 0.2) is 18.3 Å². The van der Waals surface area contributed by atoms with Gasteiger partial charge in [-0.25, -0.2) is 9.97 Å². The van der Waals surface area contributed by atoms with E-state index in [1.807, 2.05) is 24.0 Å². The molecule has 0 saturated carbocycles. The van der Waals surface area contributed by atoms with Crippen LogP contribution in [0.2, 0.25) is 0 Å². The van der Waals surface area contributed by atoms with E-state index in [2.05, 4.69) is 15.6 Å². The minimum Gasteiger partial charge on any atom is -0.358 e. The highest BCUT2D eigenvalue weighted by Gasteiger charge is 2.28. The van der Waals surface area contributed by atoms with Gasteiger partial charge in [0.15, 0.2) is 5.65 Å². The van der Waals surface area contributed by atoms with Gasteiger partial charge in [0.1, 0.15) is 17.6 Å². The first-order chi connectivity index (χ1) is 10.4. The number of hydrogen-bond donors (Lipinski definition) is 0. The fourth-order valence-corrected chi connectivity index (χ4v) is 4.63. The molecule has 0 amide bonds. The van der Waals surface area contributed by atoms with E-state index in [1.54, 1.807) is 0 Å². The smallest absolute Gasteiger partial charge is 0.162 e. The summed E-state index contributed by atoms with van der Waals surface area (Å²) in [6.45, 7) is 0.856. The van der Waals surface area contributed by atoms with Crippen LogP contribution in [0.3, 0.4) is 0 Å². The summed E-state index contributed by atoms with van der Waals surface area (Å²) in [6.07, 6.45) is 9.32. The van der Waals surface area contributed by atoms with Crippen LogP contribution in [0.25, 0.3) is 11.2 Å². The zero-order valence-corrected chi connectivity index (χ0v) is 13.0. The molecule has 0 bridgehead atoms. The molecule has 0 aromatic carbocycles. The molecule has 112 valence electrons. The van der Waals surface area contributed by atoms with Gasteiger partial charge in [0, 0.05) is 12.8 Å². The summed E-state index contributed by atoms with van der Waals surface area (Å²) >= 11 is 2.04. The van der Waals surface area contributed by atoms with Gasteiger partial charge in [0.25, 0.3) is 0 Å². The monoisotopic (exact) mass is 303 g/mol. The van der Waals surface area contributed by atoms with E-state index >= 15 is 0 Å². The molecule has 4 rings (SSSR count). The first-order valence-electron chi connectivity index (χ1n) is 7.99. The predicted octanol–water partition coefficient (Wildman–Crippen LogP) is 4.09. The van der Waals surface area contributed by atoms with Gasteiger partial charge in [-0.05, 0) is 50.0 Å². The molecule has 4 heterocycles. The van der Waals surface area contributed by atoms with E-state index in [0.29, 0.717) is 5.25 Å². The number of thioether (sulfide) groups is 1. The normalized spacial score (nSPS) is 27.0. The summed E-state index contributed by atoms with van der Waals surface area (Å²) in [7, 11) is 0. The van der Waals surface area contributed by atoms with Crippen LogP contribution >= 0.6 is 11.8 Å². The average Bonchev–Trinajstić information content (AvgIpc) is 2.96. The van der Waals surface area contributed by atoms with Gasteiger partial charge in [-0.2, -0.15) is 11.8 Å². The van der Waals surface area contributed by atoms with Crippen LogP contribution in [0.5, 0.6) is 0 Å². The molecular weight excluding hydrogens is 282 g/mol. The van der Waals surface area contributed by atoms with Crippen molar-refractivity contribution in [1.82, 2.24) is 14.5 Å². The van der Waals surface area contributed by atoms with Crippen molar-refractivity contribution in [1.29, 1.82) is 0 Å². The van der Waals surface area contributed by atoms with Gasteiger partial charge in [-0.15, -0.1) is 0 Å². The zero-order chi connectivity index (χ0) is 14.1. The maximum absolute atomic E-state index is 6.04. The largest absolute Gasteiger partial charge is 0.358 e. The van der Waals surface area contributed by atoms with Crippen molar-refractivity contribution in [3.63, 3.8) is 0 Å². The van der Waals surface area contributed by atoms with Gasteiger partial charge >= 0.3 is 0 Å². The lowest BCUT2D eigenvalue weighted by molar-refractivity contribution is -0.0314. The molecule has 4 nitrogen and oxygen atoms in total. The van der Waals surface area contributed by atoms with Crippen molar-refractivity contribution < 1.29 is 4.74 Å². The third kappa shape index (κ3) is 2.57. The Morgan fingerprint density at radius 2 is 2.14 bits per heavy atom. The van der Waals surface area contributed by atoms with Crippen LogP contribution in [0.1, 0.15) is 55.8 Å². The van der Waals surface area contributed by atoms with Gasteiger partial charge in [0.05, 0.1) is 5.25 Å². The highest BCUT2D eigenvalue weighted by atomic mass is 32.2. The van der Waals surface area contributed by atoms with Gasteiger partial charge in [-0.3, -0.25) is 4.57 Å². The number of hydrogen-bond acceptors (Lipinski definition) is 4. The van der Waals surface area contributed by atoms with Gasteiger partial charge in [-0.1, -0.05) is 6.42 Å². The number of imidazole rings is 1. The lowest BCUT2D eigenvalue weighted by atomic mass is 10.1. The number of ether oxygens (including phenoxy) is 1. The fraction of sp³-hybridized carbons (Fsp3) is 0.625. The van der Waals surface area contributed by atoms with Gasteiger partial charge in [0.2, 0.25) is 0 Å². The topological polar surface area (TPSA) is 39.9 Å². The molecule has 0 radical (unpaired) electrons. The number of rotatable bonds is 2. The third-order valence-corrected chi connectivity index (χ3v) is 5.76. The summed E-state index contributed by atoms with van der Waals surface area (Å²) in [5.74, 6) is 2.42. The molecule has 0 aliphatic carbocycles. The maximum Gasteiger partial charge on any atom is 0.162 e. The van der Waals surface area contributed by atoms with Crippen LogP contribution < -0.4 is 0 Å². The molecule has 2 aromatic heterocycles. The summed E-state index contributed by atoms with van der Waals surface area (Å²) in [4.78, 5) is 9.49. The molecule has 2 aromatic rings. The Hall–Kier alpha value is -1.07. The molecule has 2 unspecified atom stereocenters. The summed E-state index contributed by atoms with van der Waals surface area (Å²) in [5.41, 5.74) is 2.00. The molecule has 2 fully saturated rings. The minimum absolute atomic E-state index is 0.121. The summed E-state index contributed by atoms with van der Waals surface area (Å²) < 4.78 is 8.32. The lowest BCUT2D eigenvalue weighted by Crippen LogP contribution is -2.22. The second-order valence-corrected chi connectivity index (χ2v) is 7.17. The van der Waals surface area contributed by atoms with E-state index in [0.717, 1.165) is 24.2 Å². The Morgan fingerprint density at radius 1 is 1.19 bits per heavy atom. The zero-order valence-electron chi connectivity index (χ0n) is 12.2. The van der Waals surface area contributed by atoms with E-state index in [-0.39, 0.29) is 6.23 Å². The molecule has 2 aliphatic rings. The Labute approximate surface area is 129 Å². The number of fused-ring (bicyclic) bond motifs is 1. The highest BCUT2D eigenvalue weighted by molar-refractivity contribution is 7.99. The second kappa shape index (κ2) is 5.97. The number of pyridine rings is 1. The highest BCUT2D eigenvalue weighted by Crippen LogP contribution is 2.40. The third-order valence-electron chi connectivity index (χ3n) is 4.39. The Kier molecular flexibility index (Phi) is 3.86. The van der Waals surface area contributed by atoms with Crippen molar-refractivity contribution in [2.45, 2.75) is 50.0 Å². The number of aromatic nitrogens is 3. The van der Waals surface area contributed by atoms with E-state index < -0.39 is 0 Å². The molecular formula is C16H21N3OS. The van der Waals surface area contributed by atoms with E-state index in [9.17, 15) is 0 Å². The van der Waals surface area contributed by atoms with Crippen molar-refractivity contribution >= 4 is 22.9 Å². The van der Waals surface area contributed by atoms with Crippen molar-refractivity contribution in [3.8, 4) is 0 Å². The molecule has 21 heavy (non-hydrogen) atoms. The van der Waals surface area contributed by atoms with Gasteiger partial charge < -0.3 is 4.74 Å². The van der Waals surface area contributed by atoms with Crippen molar-refractivity contribution in [2.75, 3.05) is 12.4 Å². The average molecular weight is 303 g/mol. The number of nitrogens with zero attached hydrogens (tertiary/aromatic N) is 3. The quantitative estimate of drug-likeness (QED) is 0.838. The SMILES string of the molecule is c1cnc2c(c1)nc(C1CCCCS1)n2C1CCCCO1. The Balaban J connectivity index is 1.79. The molecule has 0 N–H and O–H groups in total. The maximum atomic E-state index is 6.04. The summed E-state index contributed by atoms with van der Waals surface area (Å²) in [5, 5.41) is 0.499. The Bertz CT molecular complexity index is 615. The van der Waals surface area contributed by atoms with Crippen molar-refractivity contribution in [2.24, 2.45) is 0 Å². The first kappa shape index (κ1) is 13.6. The van der Waals surface area contributed by atoms with Crippen LogP contribution in [-0.4, -0.2) is 26.9 Å². The standard InChI is InChI=1S/C16H21N3OS/c1-3-10-20-14(8-1)19-15-12(6-5-9-17-15)18-16(19)13-7-2-4-11-21-13/h5-6,9,13-14H,1-4,7-8,10-11H2. The first-order valence-corrected chi connectivity index (χ1v) is 9.04. The fourth-order valence-electron chi connectivity index (χ4n) is 3.33. The lowest BCUT2D eigenvalue weighted by Gasteiger charge is -2.28. The summed E-state index contributed by atoms with van der Waals surface area (Å²) in [6, 6.07) is 4.04. The second-order valence-electron chi connectivity index (χ2n) is 5.86.